The minimum atomic E-state index is -0.251. The number of nitrogens with one attached hydrogen (secondary N) is 1. The fraction of sp³-hybridized carbons (Fsp3) is 0.158. The molecule has 1 amide bonds. The Morgan fingerprint density at radius 3 is 2.81 bits per heavy atom. The third-order valence-corrected chi connectivity index (χ3v) is 4.09. The lowest BCUT2D eigenvalue weighted by atomic mass is 10.2. The van der Waals surface area contributed by atoms with E-state index in [1.807, 2.05) is 6.07 Å². The number of amides is 1. The lowest BCUT2D eigenvalue weighted by molar-refractivity contribution is -0.123. The first kappa shape index (κ1) is 18.3. The van der Waals surface area contributed by atoms with Gasteiger partial charge in [-0.05, 0) is 42.5 Å². The van der Waals surface area contributed by atoms with E-state index in [9.17, 15) is 4.79 Å². The number of hydrogen-bond acceptors (Lipinski definition) is 4. The fourth-order valence-electron chi connectivity index (χ4n) is 2.34. The van der Waals surface area contributed by atoms with Crippen molar-refractivity contribution in [1.29, 1.82) is 0 Å². The van der Waals surface area contributed by atoms with Gasteiger partial charge in [0, 0.05) is 16.6 Å². The number of carbonyl (C=O) groups excluding carboxylic acids is 1. The summed E-state index contributed by atoms with van der Waals surface area (Å²) in [6, 6.07) is 14.2. The van der Waals surface area contributed by atoms with E-state index in [-0.39, 0.29) is 12.5 Å². The highest BCUT2D eigenvalue weighted by atomic mass is 35.5. The summed E-state index contributed by atoms with van der Waals surface area (Å²) < 4.78 is 11.1. The summed E-state index contributed by atoms with van der Waals surface area (Å²) in [7, 11) is 0. The van der Waals surface area contributed by atoms with Crippen molar-refractivity contribution >= 4 is 40.0 Å². The van der Waals surface area contributed by atoms with Crippen LogP contribution in [0.3, 0.4) is 0 Å². The lowest BCUT2D eigenvalue weighted by Crippen LogP contribution is -2.32. The van der Waals surface area contributed by atoms with Crippen molar-refractivity contribution < 1.29 is 14.3 Å². The van der Waals surface area contributed by atoms with Gasteiger partial charge in [0.05, 0.1) is 11.6 Å². The molecule has 0 radical (unpaired) electrons. The van der Waals surface area contributed by atoms with Crippen molar-refractivity contribution in [2.75, 3.05) is 19.8 Å². The first-order valence-corrected chi connectivity index (χ1v) is 8.70. The maximum absolute atomic E-state index is 11.9. The zero-order chi connectivity index (χ0) is 18.4. The highest BCUT2D eigenvalue weighted by Gasteiger charge is 2.09. The SMILES string of the molecule is O=C(COc1ccc(Cl)c2cccnc12)NCCOc1cccc(Cl)c1. The summed E-state index contributed by atoms with van der Waals surface area (Å²) in [5.74, 6) is 0.913. The molecule has 1 N–H and O–H groups in total. The van der Waals surface area contributed by atoms with Crippen LogP contribution in [0.2, 0.25) is 10.0 Å². The van der Waals surface area contributed by atoms with Crippen LogP contribution in [-0.4, -0.2) is 30.6 Å². The summed E-state index contributed by atoms with van der Waals surface area (Å²) in [6.45, 7) is 0.566. The van der Waals surface area contributed by atoms with Gasteiger partial charge in [-0.2, -0.15) is 0 Å². The third-order valence-electron chi connectivity index (χ3n) is 3.53. The van der Waals surface area contributed by atoms with E-state index in [4.69, 9.17) is 32.7 Å². The zero-order valence-corrected chi connectivity index (χ0v) is 15.3. The predicted octanol–water partition coefficient (Wildman–Crippen LogP) is 4.12. The number of carbonyl (C=O) groups is 1. The number of fused-ring (bicyclic) bond motifs is 1. The first-order chi connectivity index (χ1) is 12.6. The van der Waals surface area contributed by atoms with Crippen LogP contribution in [0.1, 0.15) is 0 Å². The quantitative estimate of drug-likeness (QED) is 0.616. The molecule has 134 valence electrons. The molecule has 5 nitrogen and oxygen atoms in total. The molecule has 0 saturated heterocycles. The molecule has 3 rings (SSSR count). The van der Waals surface area contributed by atoms with E-state index < -0.39 is 0 Å². The Balaban J connectivity index is 1.47. The van der Waals surface area contributed by atoms with Gasteiger partial charge in [0.1, 0.15) is 23.6 Å². The van der Waals surface area contributed by atoms with Crippen LogP contribution >= 0.6 is 23.2 Å². The Labute approximate surface area is 160 Å². The van der Waals surface area contributed by atoms with E-state index in [1.54, 1.807) is 48.7 Å². The van der Waals surface area contributed by atoms with Crippen LogP contribution < -0.4 is 14.8 Å². The molecule has 0 fully saturated rings. The van der Waals surface area contributed by atoms with Gasteiger partial charge in [0.2, 0.25) is 0 Å². The van der Waals surface area contributed by atoms with Gasteiger partial charge in [-0.25, -0.2) is 0 Å². The summed E-state index contributed by atoms with van der Waals surface area (Å²) in [4.78, 5) is 16.2. The number of aromatic nitrogens is 1. The van der Waals surface area contributed by atoms with Gasteiger partial charge in [-0.3, -0.25) is 9.78 Å². The Hall–Kier alpha value is -2.50. The molecule has 2 aromatic carbocycles. The van der Waals surface area contributed by atoms with Gasteiger partial charge in [-0.15, -0.1) is 0 Å². The van der Waals surface area contributed by atoms with Crippen LogP contribution in [0.25, 0.3) is 10.9 Å². The maximum Gasteiger partial charge on any atom is 0.258 e. The van der Waals surface area contributed by atoms with Gasteiger partial charge < -0.3 is 14.8 Å². The van der Waals surface area contributed by atoms with Gasteiger partial charge in [0.15, 0.2) is 6.61 Å². The first-order valence-electron chi connectivity index (χ1n) is 7.94. The van der Waals surface area contributed by atoms with Crippen LogP contribution in [-0.2, 0) is 4.79 Å². The number of benzene rings is 2. The molecule has 0 unspecified atom stereocenters. The Morgan fingerprint density at radius 1 is 1.08 bits per heavy atom. The molecule has 0 aliphatic heterocycles. The predicted molar refractivity (Wildman–Crippen MR) is 102 cm³/mol. The third kappa shape index (κ3) is 4.77. The number of ether oxygens (including phenoxy) is 2. The molecule has 1 heterocycles. The van der Waals surface area contributed by atoms with E-state index >= 15 is 0 Å². The van der Waals surface area contributed by atoms with E-state index in [0.717, 1.165) is 5.39 Å². The molecule has 0 spiro atoms. The van der Waals surface area contributed by atoms with Crippen LogP contribution in [0, 0.1) is 0 Å². The molecule has 7 heteroatoms. The highest BCUT2D eigenvalue weighted by Crippen LogP contribution is 2.29. The molecular formula is C19H16Cl2N2O3. The second-order valence-electron chi connectivity index (χ2n) is 5.39. The average Bonchev–Trinajstić information content (AvgIpc) is 2.65. The summed E-state index contributed by atoms with van der Waals surface area (Å²) in [5.41, 5.74) is 0.622. The van der Waals surface area contributed by atoms with Crippen molar-refractivity contribution in [1.82, 2.24) is 10.3 Å². The minimum Gasteiger partial charge on any atom is -0.492 e. The smallest absolute Gasteiger partial charge is 0.258 e. The maximum atomic E-state index is 11.9. The fourth-order valence-corrected chi connectivity index (χ4v) is 2.73. The molecule has 0 aliphatic rings. The van der Waals surface area contributed by atoms with Crippen LogP contribution in [0.5, 0.6) is 11.5 Å². The molecule has 1 aromatic heterocycles. The molecule has 0 atom stereocenters. The number of halogens is 2. The number of pyridine rings is 1. The highest BCUT2D eigenvalue weighted by molar-refractivity contribution is 6.35. The second kappa shape index (κ2) is 8.74. The van der Waals surface area contributed by atoms with Crippen molar-refractivity contribution in [3.8, 4) is 11.5 Å². The minimum absolute atomic E-state index is 0.121. The van der Waals surface area contributed by atoms with Crippen molar-refractivity contribution in [2.45, 2.75) is 0 Å². The Bertz CT molecular complexity index is 918. The van der Waals surface area contributed by atoms with E-state index in [0.29, 0.717) is 40.2 Å². The average molecular weight is 391 g/mol. The topological polar surface area (TPSA) is 60.5 Å². The molecule has 0 aliphatic carbocycles. The lowest BCUT2D eigenvalue weighted by Gasteiger charge is -2.10. The number of hydrogen-bond donors (Lipinski definition) is 1. The van der Waals surface area contributed by atoms with Crippen LogP contribution in [0.15, 0.2) is 54.7 Å². The second-order valence-corrected chi connectivity index (χ2v) is 6.23. The number of rotatable bonds is 7. The van der Waals surface area contributed by atoms with Crippen LogP contribution in [0.4, 0.5) is 0 Å². The molecule has 26 heavy (non-hydrogen) atoms. The zero-order valence-electron chi connectivity index (χ0n) is 13.7. The molecule has 0 bridgehead atoms. The standard InChI is InChI=1S/C19H16Cl2N2O3/c20-13-3-1-4-14(11-13)25-10-9-22-18(24)12-26-17-7-6-16(21)15-5-2-8-23-19(15)17/h1-8,11H,9-10,12H2,(H,22,24). The largest absolute Gasteiger partial charge is 0.492 e. The van der Waals surface area contributed by atoms with Crippen molar-refractivity contribution in [3.05, 3.63) is 64.8 Å². The Morgan fingerprint density at radius 2 is 1.96 bits per heavy atom. The normalized spacial score (nSPS) is 10.5. The van der Waals surface area contributed by atoms with Gasteiger partial charge >= 0.3 is 0 Å². The number of nitrogens with zero attached hydrogens (tertiary/aromatic N) is 1. The van der Waals surface area contributed by atoms with Crippen molar-refractivity contribution in [3.63, 3.8) is 0 Å². The Kier molecular flexibility index (Phi) is 6.15. The van der Waals surface area contributed by atoms with E-state index in [2.05, 4.69) is 10.3 Å². The molecule has 3 aromatic rings. The molecule has 0 saturated carbocycles. The van der Waals surface area contributed by atoms with Gasteiger partial charge in [-0.1, -0.05) is 29.3 Å². The van der Waals surface area contributed by atoms with E-state index in [1.165, 1.54) is 0 Å². The summed E-state index contributed by atoms with van der Waals surface area (Å²) >= 11 is 12.0. The van der Waals surface area contributed by atoms with Gasteiger partial charge in [0.25, 0.3) is 5.91 Å². The summed E-state index contributed by atoms with van der Waals surface area (Å²) in [5, 5.41) is 4.70. The van der Waals surface area contributed by atoms with Crippen molar-refractivity contribution in [2.24, 2.45) is 0 Å². The monoisotopic (exact) mass is 390 g/mol. The molecular weight excluding hydrogens is 375 g/mol. The summed E-state index contributed by atoms with van der Waals surface area (Å²) in [6.07, 6.45) is 1.65.